The maximum absolute atomic E-state index is 4.47. The average Bonchev–Trinajstić information content (AvgIpc) is 3.08. The number of nitrogens with zero attached hydrogens (tertiary/aromatic N) is 4. The van der Waals surface area contributed by atoms with Gasteiger partial charge in [-0.3, -0.25) is 0 Å². The van der Waals surface area contributed by atoms with E-state index in [9.17, 15) is 0 Å². The van der Waals surface area contributed by atoms with E-state index < -0.39 is 0 Å². The van der Waals surface area contributed by atoms with Gasteiger partial charge in [0, 0.05) is 5.75 Å². The molecule has 1 aromatic heterocycles. The lowest BCUT2D eigenvalue weighted by atomic mass is 10.1. The number of rotatable bonds is 6. The Bertz CT molecular complexity index is 864. The van der Waals surface area contributed by atoms with Gasteiger partial charge in [-0.1, -0.05) is 78.0 Å². The van der Waals surface area contributed by atoms with Crippen LogP contribution >= 0.6 is 11.8 Å². The summed E-state index contributed by atoms with van der Waals surface area (Å²) in [5.41, 5.74) is 4.75. The summed E-state index contributed by atoms with van der Waals surface area (Å²) >= 11 is 1.62. The highest BCUT2D eigenvalue weighted by atomic mass is 32.2. The van der Waals surface area contributed by atoms with E-state index in [-0.39, 0.29) is 0 Å². The summed E-state index contributed by atoms with van der Waals surface area (Å²) in [7, 11) is 0. The summed E-state index contributed by atoms with van der Waals surface area (Å²) in [6.07, 6.45) is 5.54. The molecule has 0 aliphatic carbocycles. The van der Waals surface area contributed by atoms with Crippen LogP contribution in [0.5, 0.6) is 0 Å². The van der Waals surface area contributed by atoms with E-state index in [0.717, 1.165) is 22.0 Å². The maximum Gasteiger partial charge on any atom is 0.212 e. The van der Waals surface area contributed by atoms with E-state index in [2.05, 4.69) is 64.7 Å². The first-order chi connectivity index (χ1) is 12.2. The van der Waals surface area contributed by atoms with Crippen LogP contribution in [0.3, 0.4) is 0 Å². The zero-order valence-electron chi connectivity index (χ0n) is 14.3. The second-order valence-corrected chi connectivity index (χ2v) is 6.72. The molecule has 2 aromatic carbocycles. The molecule has 25 heavy (non-hydrogen) atoms. The predicted octanol–water partition coefficient (Wildman–Crippen LogP) is 4.82. The molecular formula is C20H20N4S. The normalized spacial score (nSPS) is 12.0. The Labute approximate surface area is 152 Å². The molecule has 1 heterocycles. The lowest BCUT2D eigenvalue weighted by Crippen LogP contribution is -1.92. The van der Waals surface area contributed by atoms with E-state index in [1.165, 1.54) is 11.1 Å². The summed E-state index contributed by atoms with van der Waals surface area (Å²) in [6, 6.07) is 18.7. The molecule has 0 radical (unpaired) electrons. The van der Waals surface area contributed by atoms with Crippen LogP contribution < -0.4 is 0 Å². The predicted molar refractivity (Wildman–Crippen MR) is 105 cm³/mol. The van der Waals surface area contributed by atoms with Gasteiger partial charge in [0.1, 0.15) is 6.33 Å². The van der Waals surface area contributed by atoms with Crippen molar-refractivity contribution in [2.75, 3.05) is 0 Å². The Morgan fingerprint density at radius 3 is 2.64 bits per heavy atom. The number of hydrogen-bond donors (Lipinski definition) is 0. The minimum Gasteiger partial charge on any atom is -0.195 e. The maximum atomic E-state index is 4.47. The zero-order chi connectivity index (χ0) is 17.5. The van der Waals surface area contributed by atoms with Gasteiger partial charge in [-0.2, -0.15) is 9.78 Å². The number of aromatic nitrogens is 3. The first-order valence-corrected chi connectivity index (χ1v) is 9.05. The van der Waals surface area contributed by atoms with Gasteiger partial charge < -0.3 is 0 Å². The van der Waals surface area contributed by atoms with Gasteiger partial charge in [0.25, 0.3) is 0 Å². The molecule has 0 saturated carbocycles. The number of thioether (sulfide) groups is 1. The molecule has 0 aliphatic heterocycles. The smallest absolute Gasteiger partial charge is 0.195 e. The minimum absolute atomic E-state index is 0.782. The van der Waals surface area contributed by atoms with Gasteiger partial charge in [-0.25, -0.2) is 0 Å². The molecule has 0 bridgehead atoms. The number of allylic oxidation sites excluding steroid dienone is 1. The van der Waals surface area contributed by atoms with E-state index in [0.29, 0.717) is 0 Å². The van der Waals surface area contributed by atoms with Crippen molar-refractivity contribution in [2.24, 2.45) is 5.10 Å². The van der Waals surface area contributed by atoms with Gasteiger partial charge >= 0.3 is 0 Å². The highest BCUT2D eigenvalue weighted by Gasteiger charge is 2.04. The van der Waals surface area contributed by atoms with Gasteiger partial charge in [0.05, 0.1) is 6.21 Å². The second-order valence-electron chi connectivity index (χ2n) is 5.78. The van der Waals surface area contributed by atoms with Crippen molar-refractivity contribution in [3.05, 3.63) is 83.2 Å². The molecule has 0 spiro atoms. The van der Waals surface area contributed by atoms with Crippen molar-refractivity contribution >= 4 is 24.1 Å². The Kier molecular flexibility index (Phi) is 5.80. The van der Waals surface area contributed by atoms with Crippen molar-refractivity contribution < 1.29 is 0 Å². The Balaban J connectivity index is 1.65. The molecule has 3 aromatic rings. The lowest BCUT2D eigenvalue weighted by Gasteiger charge is -2.02. The fourth-order valence-electron chi connectivity index (χ4n) is 2.23. The largest absolute Gasteiger partial charge is 0.212 e. The first kappa shape index (κ1) is 17.2. The topological polar surface area (TPSA) is 43.1 Å². The Morgan fingerprint density at radius 2 is 1.88 bits per heavy atom. The standard InChI is InChI=1S/C20H20N4S/c1-16-8-10-19(11-9-16)14-25-20-23-21-15-24(20)22-13-17(2)12-18-6-4-3-5-7-18/h3-13,15H,14H2,1-2H3/b17-12-,22-13-. The van der Waals surface area contributed by atoms with Crippen LogP contribution in [-0.2, 0) is 5.75 Å². The third-order valence-corrected chi connectivity index (χ3v) is 4.57. The van der Waals surface area contributed by atoms with Crippen LogP contribution in [0.1, 0.15) is 23.6 Å². The fourth-order valence-corrected chi connectivity index (χ4v) is 3.05. The van der Waals surface area contributed by atoms with Crippen molar-refractivity contribution in [2.45, 2.75) is 24.8 Å². The summed E-state index contributed by atoms with van der Waals surface area (Å²) in [4.78, 5) is 0. The molecule has 0 saturated heterocycles. The molecule has 0 aliphatic rings. The molecule has 5 heteroatoms. The zero-order valence-corrected chi connectivity index (χ0v) is 15.1. The molecule has 0 amide bonds. The molecule has 0 fully saturated rings. The molecule has 3 rings (SSSR count). The number of hydrogen-bond acceptors (Lipinski definition) is 4. The summed E-state index contributed by atoms with van der Waals surface area (Å²) in [5, 5.41) is 13.4. The number of aryl methyl sites for hydroxylation is 1. The molecule has 126 valence electrons. The number of benzene rings is 2. The van der Waals surface area contributed by atoms with Crippen LogP contribution in [0.2, 0.25) is 0 Å². The van der Waals surface area contributed by atoms with E-state index >= 15 is 0 Å². The Morgan fingerprint density at radius 1 is 1.12 bits per heavy atom. The third-order valence-electron chi connectivity index (χ3n) is 3.57. The summed E-state index contributed by atoms with van der Waals surface area (Å²) < 4.78 is 1.71. The van der Waals surface area contributed by atoms with Crippen molar-refractivity contribution in [1.29, 1.82) is 0 Å². The van der Waals surface area contributed by atoms with Crippen molar-refractivity contribution in [1.82, 2.24) is 14.9 Å². The van der Waals surface area contributed by atoms with Crippen molar-refractivity contribution in [3.8, 4) is 0 Å². The fraction of sp³-hybridized carbons (Fsp3) is 0.150. The van der Waals surface area contributed by atoms with Crippen LogP contribution in [0.15, 0.2) is 76.8 Å². The molecular weight excluding hydrogens is 328 g/mol. The molecule has 0 N–H and O–H groups in total. The van der Waals surface area contributed by atoms with Crippen LogP contribution in [-0.4, -0.2) is 21.1 Å². The minimum atomic E-state index is 0.782. The summed E-state index contributed by atoms with van der Waals surface area (Å²) in [5.74, 6) is 0.841. The van der Waals surface area contributed by atoms with Gasteiger partial charge in [-0.15, -0.1) is 10.2 Å². The quantitative estimate of drug-likeness (QED) is 0.474. The van der Waals surface area contributed by atoms with Crippen LogP contribution in [0, 0.1) is 6.92 Å². The second kappa shape index (κ2) is 8.44. The monoisotopic (exact) mass is 348 g/mol. The SMILES string of the molecule is CC(/C=N\n1cnnc1SCc1ccc(C)cc1)=C/c1ccccc1. The molecule has 4 nitrogen and oxygen atoms in total. The molecule has 0 atom stereocenters. The third kappa shape index (κ3) is 5.16. The van der Waals surface area contributed by atoms with E-state index in [4.69, 9.17) is 0 Å². The molecule has 0 unspecified atom stereocenters. The van der Waals surface area contributed by atoms with Gasteiger partial charge in [0.2, 0.25) is 5.16 Å². The van der Waals surface area contributed by atoms with Crippen LogP contribution in [0.4, 0.5) is 0 Å². The highest BCUT2D eigenvalue weighted by molar-refractivity contribution is 7.98. The van der Waals surface area contributed by atoms with Gasteiger partial charge in [0.15, 0.2) is 0 Å². The van der Waals surface area contributed by atoms with Crippen molar-refractivity contribution in [3.63, 3.8) is 0 Å². The van der Waals surface area contributed by atoms with E-state index in [1.54, 1.807) is 22.8 Å². The van der Waals surface area contributed by atoms with E-state index in [1.807, 2.05) is 31.3 Å². The highest BCUT2D eigenvalue weighted by Crippen LogP contribution is 2.20. The summed E-state index contributed by atoms with van der Waals surface area (Å²) in [6.45, 7) is 4.12. The first-order valence-electron chi connectivity index (χ1n) is 8.07. The Hall–Kier alpha value is -2.66. The lowest BCUT2D eigenvalue weighted by molar-refractivity contribution is 0.766. The van der Waals surface area contributed by atoms with Crippen LogP contribution in [0.25, 0.3) is 6.08 Å². The average molecular weight is 348 g/mol. The van der Waals surface area contributed by atoms with Gasteiger partial charge in [-0.05, 0) is 30.5 Å².